The zero-order valence-corrected chi connectivity index (χ0v) is 16.1. The topological polar surface area (TPSA) is 49.4 Å². The largest absolute Gasteiger partial charge is 0.314 e. The van der Waals surface area contributed by atoms with E-state index in [4.69, 9.17) is 23.2 Å². The zero-order chi connectivity index (χ0) is 16.6. The number of hydrogen-bond acceptors (Lipinski definition) is 3. The first-order valence-electron chi connectivity index (χ1n) is 7.78. The lowest BCUT2D eigenvalue weighted by molar-refractivity contribution is 0.234. The van der Waals surface area contributed by atoms with E-state index in [-0.39, 0.29) is 22.3 Å². The molecule has 0 saturated carbocycles. The van der Waals surface area contributed by atoms with Gasteiger partial charge in [-0.3, -0.25) is 0 Å². The number of piperidine rings is 1. The monoisotopic (exact) mass is 416 g/mol. The van der Waals surface area contributed by atoms with Crippen molar-refractivity contribution in [2.45, 2.75) is 36.6 Å². The predicted octanol–water partition coefficient (Wildman–Crippen LogP) is 3.71. The molecule has 1 unspecified atom stereocenters. The van der Waals surface area contributed by atoms with Gasteiger partial charge in [-0.1, -0.05) is 23.2 Å². The van der Waals surface area contributed by atoms with Crippen LogP contribution in [-0.2, 0) is 10.0 Å². The van der Waals surface area contributed by atoms with Crippen LogP contribution >= 0.6 is 35.6 Å². The van der Waals surface area contributed by atoms with Crippen molar-refractivity contribution in [3.63, 3.8) is 0 Å². The van der Waals surface area contributed by atoms with Gasteiger partial charge in [-0.05, 0) is 50.3 Å². The Balaban J connectivity index is 0.00000208. The molecule has 3 rings (SSSR count). The molecule has 136 valence electrons. The molecule has 2 saturated heterocycles. The summed E-state index contributed by atoms with van der Waals surface area (Å²) in [6.45, 7) is 1.92. The Kier molecular flexibility index (Phi) is 6.79. The van der Waals surface area contributed by atoms with Crippen LogP contribution in [0.5, 0.6) is 0 Å². The van der Waals surface area contributed by atoms with Crippen molar-refractivity contribution in [2.75, 3.05) is 19.6 Å². The molecule has 2 aliphatic rings. The third-order valence-corrected chi connectivity index (χ3v) is 7.50. The van der Waals surface area contributed by atoms with Crippen LogP contribution < -0.4 is 5.32 Å². The van der Waals surface area contributed by atoms with Crippen molar-refractivity contribution in [3.05, 3.63) is 28.0 Å². The minimum Gasteiger partial charge on any atom is -0.314 e. The average Bonchev–Trinajstić information content (AvgIpc) is 3.07. The van der Waals surface area contributed by atoms with E-state index in [0.29, 0.717) is 25.0 Å². The summed E-state index contributed by atoms with van der Waals surface area (Å²) in [5.74, 6) is -0.388. The van der Waals surface area contributed by atoms with E-state index in [0.717, 1.165) is 25.8 Å². The van der Waals surface area contributed by atoms with Gasteiger partial charge in [0.2, 0.25) is 10.0 Å². The van der Waals surface area contributed by atoms with E-state index < -0.39 is 20.9 Å². The van der Waals surface area contributed by atoms with Crippen molar-refractivity contribution < 1.29 is 12.8 Å². The highest BCUT2D eigenvalue weighted by atomic mass is 35.5. The van der Waals surface area contributed by atoms with Crippen LogP contribution in [0.4, 0.5) is 4.39 Å². The van der Waals surface area contributed by atoms with Gasteiger partial charge in [0.15, 0.2) is 5.82 Å². The van der Waals surface area contributed by atoms with Crippen molar-refractivity contribution in [1.29, 1.82) is 0 Å². The lowest BCUT2D eigenvalue weighted by Gasteiger charge is -2.34. The summed E-state index contributed by atoms with van der Waals surface area (Å²) >= 11 is 11.5. The maximum atomic E-state index is 13.8. The molecule has 1 aromatic carbocycles. The van der Waals surface area contributed by atoms with Crippen LogP contribution in [0.15, 0.2) is 17.0 Å². The summed E-state index contributed by atoms with van der Waals surface area (Å²) in [6, 6.07) is 3.00. The molecule has 1 aromatic rings. The van der Waals surface area contributed by atoms with Crippen LogP contribution in [-0.4, -0.2) is 38.4 Å². The Labute approximate surface area is 158 Å². The standard InChI is InChI=1S/C15H19Cl2FN2O2S.ClH/c16-11-3-4-13(14(17)15(11)18)23(21,22)20-8-5-10(6-9-20)12-2-1-7-19-12;/h3-4,10,12,19H,1-2,5-9H2;1H. The fraction of sp³-hybridized carbons (Fsp3) is 0.600. The smallest absolute Gasteiger partial charge is 0.244 e. The molecule has 1 atom stereocenters. The van der Waals surface area contributed by atoms with E-state index in [1.54, 1.807) is 0 Å². The molecule has 2 fully saturated rings. The van der Waals surface area contributed by atoms with Crippen LogP contribution in [0.2, 0.25) is 10.0 Å². The Morgan fingerprint density at radius 1 is 1.17 bits per heavy atom. The summed E-state index contributed by atoms with van der Waals surface area (Å²) in [5, 5.41) is 2.87. The summed E-state index contributed by atoms with van der Waals surface area (Å²) in [5.41, 5.74) is 0. The van der Waals surface area contributed by atoms with Gasteiger partial charge >= 0.3 is 0 Å². The quantitative estimate of drug-likeness (QED) is 0.763. The normalized spacial score (nSPS) is 23.2. The predicted molar refractivity (Wildman–Crippen MR) is 96.2 cm³/mol. The molecular weight excluding hydrogens is 398 g/mol. The first-order chi connectivity index (χ1) is 10.9. The highest BCUT2D eigenvalue weighted by molar-refractivity contribution is 7.89. The molecule has 9 heteroatoms. The fourth-order valence-corrected chi connectivity index (χ4v) is 5.67. The molecular formula is C15H20Cl3FN2O2S. The van der Waals surface area contributed by atoms with E-state index >= 15 is 0 Å². The average molecular weight is 418 g/mol. The minimum absolute atomic E-state index is 0. The first-order valence-corrected chi connectivity index (χ1v) is 9.98. The van der Waals surface area contributed by atoms with Crippen molar-refractivity contribution in [1.82, 2.24) is 9.62 Å². The van der Waals surface area contributed by atoms with E-state index in [2.05, 4.69) is 5.32 Å². The van der Waals surface area contributed by atoms with Crippen molar-refractivity contribution >= 4 is 45.6 Å². The number of halogens is 4. The number of rotatable bonds is 3. The van der Waals surface area contributed by atoms with E-state index in [9.17, 15) is 12.8 Å². The Hall–Kier alpha value is -0.110. The fourth-order valence-electron chi connectivity index (χ4n) is 3.48. The SMILES string of the molecule is Cl.O=S(=O)(c1ccc(Cl)c(F)c1Cl)N1CCC(C2CCCN2)CC1. The van der Waals surface area contributed by atoms with Gasteiger partial charge in [-0.15, -0.1) is 12.4 Å². The van der Waals surface area contributed by atoms with E-state index in [1.165, 1.54) is 22.9 Å². The molecule has 0 aliphatic carbocycles. The molecule has 24 heavy (non-hydrogen) atoms. The Morgan fingerprint density at radius 3 is 2.42 bits per heavy atom. The second-order valence-electron chi connectivity index (χ2n) is 6.12. The lowest BCUT2D eigenvalue weighted by atomic mass is 9.89. The van der Waals surface area contributed by atoms with Gasteiger partial charge in [0.05, 0.1) is 10.0 Å². The van der Waals surface area contributed by atoms with Gasteiger partial charge < -0.3 is 5.32 Å². The second kappa shape index (κ2) is 8.06. The van der Waals surface area contributed by atoms with Crippen LogP contribution in [0.25, 0.3) is 0 Å². The number of sulfonamides is 1. The molecule has 0 radical (unpaired) electrons. The van der Waals surface area contributed by atoms with Gasteiger partial charge in [0.1, 0.15) is 4.90 Å². The number of nitrogens with zero attached hydrogens (tertiary/aromatic N) is 1. The number of benzene rings is 1. The number of nitrogens with one attached hydrogen (secondary N) is 1. The first kappa shape index (κ1) is 20.2. The molecule has 4 nitrogen and oxygen atoms in total. The molecule has 0 bridgehead atoms. The molecule has 0 aromatic heterocycles. The molecule has 1 N–H and O–H groups in total. The van der Waals surface area contributed by atoms with Crippen LogP contribution in [0.3, 0.4) is 0 Å². The number of hydrogen-bond donors (Lipinski definition) is 1. The van der Waals surface area contributed by atoms with Gasteiger partial charge in [0, 0.05) is 19.1 Å². The molecule has 0 amide bonds. The van der Waals surface area contributed by atoms with Gasteiger partial charge in [0.25, 0.3) is 0 Å². The van der Waals surface area contributed by atoms with Crippen molar-refractivity contribution in [3.8, 4) is 0 Å². The summed E-state index contributed by atoms with van der Waals surface area (Å²) in [6.07, 6.45) is 3.96. The van der Waals surface area contributed by atoms with Crippen molar-refractivity contribution in [2.24, 2.45) is 5.92 Å². The lowest BCUT2D eigenvalue weighted by Crippen LogP contribution is -2.43. The van der Waals surface area contributed by atoms with Gasteiger partial charge in [-0.2, -0.15) is 4.31 Å². The third-order valence-electron chi connectivity index (χ3n) is 4.78. The maximum absolute atomic E-state index is 13.8. The summed E-state index contributed by atoms with van der Waals surface area (Å²) in [7, 11) is -3.80. The molecule has 0 spiro atoms. The second-order valence-corrected chi connectivity index (χ2v) is 8.81. The summed E-state index contributed by atoms with van der Waals surface area (Å²) in [4.78, 5) is -0.210. The summed E-state index contributed by atoms with van der Waals surface area (Å²) < 4.78 is 40.6. The Bertz CT molecular complexity index is 688. The molecule has 2 aliphatic heterocycles. The third kappa shape index (κ3) is 3.84. The maximum Gasteiger partial charge on any atom is 0.244 e. The Morgan fingerprint density at radius 2 is 1.83 bits per heavy atom. The van der Waals surface area contributed by atoms with Gasteiger partial charge in [-0.25, -0.2) is 12.8 Å². The van der Waals surface area contributed by atoms with E-state index in [1.807, 2.05) is 0 Å². The highest BCUT2D eigenvalue weighted by Crippen LogP contribution is 2.34. The van der Waals surface area contributed by atoms with Crippen LogP contribution in [0.1, 0.15) is 25.7 Å². The molecule has 2 heterocycles. The zero-order valence-electron chi connectivity index (χ0n) is 13.0. The highest BCUT2D eigenvalue weighted by Gasteiger charge is 2.35. The minimum atomic E-state index is -3.80. The van der Waals surface area contributed by atoms with Crippen LogP contribution in [0, 0.1) is 11.7 Å².